The van der Waals surface area contributed by atoms with E-state index in [-0.39, 0.29) is 17.9 Å². The summed E-state index contributed by atoms with van der Waals surface area (Å²) in [5.41, 5.74) is 1.67. The number of nitrogens with zero attached hydrogens (tertiary/aromatic N) is 1. The highest BCUT2D eigenvalue weighted by Gasteiger charge is 2.23. The largest absolute Gasteiger partial charge is 0.360 e. The summed E-state index contributed by atoms with van der Waals surface area (Å²) in [6.45, 7) is 0. The van der Waals surface area contributed by atoms with Gasteiger partial charge in [-0.25, -0.2) is 0 Å². The maximum atomic E-state index is 12.3. The first-order valence-electron chi connectivity index (χ1n) is 7.04. The minimum atomic E-state index is -0.0251. The number of hydrogen-bond donors (Lipinski definition) is 2. The highest BCUT2D eigenvalue weighted by molar-refractivity contribution is 6.06. The first-order valence-corrected chi connectivity index (χ1v) is 7.04. The molecule has 1 aliphatic carbocycles. The number of rotatable bonds is 2. The van der Waals surface area contributed by atoms with Crippen molar-refractivity contribution in [2.45, 2.75) is 31.7 Å². The second kappa shape index (κ2) is 5.38. The topological polar surface area (TPSA) is 68.7 Å². The average molecular weight is 267 g/mol. The molecule has 2 aromatic rings. The van der Waals surface area contributed by atoms with E-state index in [0.29, 0.717) is 5.56 Å². The van der Waals surface area contributed by atoms with Crippen molar-refractivity contribution in [1.82, 2.24) is 10.3 Å². The van der Waals surface area contributed by atoms with Crippen LogP contribution in [0.3, 0.4) is 0 Å². The van der Waals surface area contributed by atoms with E-state index >= 15 is 0 Å². The number of carbonyl (C=O) groups excluding carboxylic acids is 1. The van der Waals surface area contributed by atoms with E-state index < -0.39 is 0 Å². The third-order valence-electron chi connectivity index (χ3n) is 4.08. The normalized spacial score (nSPS) is 22.4. The van der Waals surface area contributed by atoms with Crippen LogP contribution >= 0.6 is 0 Å². The SMILES string of the molecule is N#CC1CCC(NC(=O)c2c[nH]c3ccccc23)CC1. The summed E-state index contributed by atoms with van der Waals surface area (Å²) < 4.78 is 0. The van der Waals surface area contributed by atoms with Gasteiger partial charge in [0, 0.05) is 29.1 Å². The molecule has 4 heteroatoms. The molecule has 0 aliphatic heterocycles. The highest BCUT2D eigenvalue weighted by Crippen LogP contribution is 2.24. The number of nitrogens with one attached hydrogen (secondary N) is 2. The lowest BCUT2D eigenvalue weighted by Gasteiger charge is -2.25. The Morgan fingerprint density at radius 1 is 1.25 bits per heavy atom. The molecule has 1 aliphatic rings. The van der Waals surface area contributed by atoms with Crippen molar-refractivity contribution in [3.05, 3.63) is 36.0 Å². The number of H-pyrrole nitrogens is 1. The molecule has 0 spiro atoms. The van der Waals surface area contributed by atoms with Crippen LogP contribution in [0.15, 0.2) is 30.5 Å². The fourth-order valence-corrected chi connectivity index (χ4v) is 2.89. The standard InChI is InChI=1S/C16H17N3O/c17-9-11-5-7-12(8-6-11)19-16(20)14-10-18-15-4-2-1-3-13(14)15/h1-4,10-12,18H,5-8H2,(H,19,20). The van der Waals surface area contributed by atoms with Crippen LogP contribution in [0.4, 0.5) is 0 Å². The predicted octanol–water partition coefficient (Wildman–Crippen LogP) is 2.98. The van der Waals surface area contributed by atoms with E-state index in [2.05, 4.69) is 16.4 Å². The summed E-state index contributed by atoms with van der Waals surface area (Å²) in [5, 5.41) is 12.9. The molecular weight excluding hydrogens is 250 g/mol. The summed E-state index contributed by atoms with van der Waals surface area (Å²) in [7, 11) is 0. The Bertz CT molecular complexity index is 660. The molecule has 1 aromatic heterocycles. The second-order valence-electron chi connectivity index (χ2n) is 5.40. The Labute approximate surface area is 117 Å². The molecule has 4 nitrogen and oxygen atoms in total. The number of para-hydroxylation sites is 1. The van der Waals surface area contributed by atoms with Gasteiger partial charge in [-0.05, 0) is 31.7 Å². The molecule has 1 aromatic carbocycles. The zero-order chi connectivity index (χ0) is 13.9. The number of aromatic nitrogens is 1. The molecule has 1 saturated carbocycles. The minimum absolute atomic E-state index is 0.0251. The van der Waals surface area contributed by atoms with Crippen LogP contribution in [-0.4, -0.2) is 16.9 Å². The Kier molecular flexibility index (Phi) is 3.42. The van der Waals surface area contributed by atoms with E-state index in [1.165, 1.54) is 0 Å². The Balaban J connectivity index is 1.70. The number of amides is 1. The summed E-state index contributed by atoms with van der Waals surface area (Å²) in [6, 6.07) is 10.3. The van der Waals surface area contributed by atoms with Crippen LogP contribution < -0.4 is 5.32 Å². The first kappa shape index (κ1) is 12.7. The predicted molar refractivity (Wildman–Crippen MR) is 77.1 cm³/mol. The van der Waals surface area contributed by atoms with Crippen molar-refractivity contribution >= 4 is 16.8 Å². The minimum Gasteiger partial charge on any atom is -0.360 e. The van der Waals surface area contributed by atoms with Crippen molar-refractivity contribution in [2.24, 2.45) is 5.92 Å². The van der Waals surface area contributed by atoms with Gasteiger partial charge >= 0.3 is 0 Å². The molecule has 0 unspecified atom stereocenters. The molecule has 1 amide bonds. The summed E-state index contributed by atoms with van der Waals surface area (Å²) in [6.07, 6.45) is 5.32. The van der Waals surface area contributed by atoms with Gasteiger partial charge in [-0.15, -0.1) is 0 Å². The number of aromatic amines is 1. The van der Waals surface area contributed by atoms with Crippen LogP contribution in [0, 0.1) is 17.2 Å². The van der Waals surface area contributed by atoms with Crippen molar-refractivity contribution in [3.8, 4) is 6.07 Å². The Hall–Kier alpha value is -2.28. The molecule has 0 radical (unpaired) electrons. The maximum absolute atomic E-state index is 12.3. The zero-order valence-corrected chi connectivity index (χ0v) is 11.2. The van der Waals surface area contributed by atoms with Crippen molar-refractivity contribution in [3.63, 3.8) is 0 Å². The smallest absolute Gasteiger partial charge is 0.253 e. The lowest BCUT2D eigenvalue weighted by atomic mass is 9.87. The lowest BCUT2D eigenvalue weighted by Crippen LogP contribution is -2.37. The van der Waals surface area contributed by atoms with E-state index in [9.17, 15) is 4.79 Å². The average Bonchev–Trinajstić information content (AvgIpc) is 2.92. The van der Waals surface area contributed by atoms with Crippen LogP contribution in [0.1, 0.15) is 36.0 Å². The van der Waals surface area contributed by atoms with Gasteiger partial charge in [0.05, 0.1) is 11.6 Å². The van der Waals surface area contributed by atoms with Gasteiger partial charge in [0.1, 0.15) is 0 Å². The van der Waals surface area contributed by atoms with Crippen LogP contribution in [0.5, 0.6) is 0 Å². The van der Waals surface area contributed by atoms with E-state index in [0.717, 1.165) is 36.6 Å². The highest BCUT2D eigenvalue weighted by atomic mass is 16.1. The fraction of sp³-hybridized carbons (Fsp3) is 0.375. The van der Waals surface area contributed by atoms with Crippen molar-refractivity contribution < 1.29 is 4.79 Å². The van der Waals surface area contributed by atoms with Gasteiger partial charge in [-0.1, -0.05) is 18.2 Å². The molecule has 102 valence electrons. The first-order chi connectivity index (χ1) is 9.78. The van der Waals surface area contributed by atoms with Crippen molar-refractivity contribution in [2.75, 3.05) is 0 Å². The quantitative estimate of drug-likeness (QED) is 0.878. The summed E-state index contributed by atoms with van der Waals surface area (Å²) >= 11 is 0. The molecule has 1 fully saturated rings. The monoisotopic (exact) mass is 267 g/mol. The van der Waals surface area contributed by atoms with Gasteiger partial charge < -0.3 is 10.3 Å². The van der Waals surface area contributed by atoms with Crippen LogP contribution in [0.25, 0.3) is 10.9 Å². The van der Waals surface area contributed by atoms with Gasteiger partial charge in [-0.2, -0.15) is 5.26 Å². The number of fused-ring (bicyclic) bond motifs is 1. The second-order valence-corrected chi connectivity index (χ2v) is 5.40. The van der Waals surface area contributed by atoms with Gasteiger partial charge in [0.2, 0.25) is 0 Å². The number of carbonyl (C=O) groups is 1. The summed E-state index contributed by atoms with van der Waals surface area (Å²) in [4.78, 5) is 15.5. The van der Waals surface area contributed by atoms with Crippen LogP contribution in [0.2, 0.25) is 0 Å². The zero-order valence-electron chi connectivity index (χ0n) is 11.2. The van der Waals surface area contributed by atoms with Gasteiger partial charge in [0.15, 0.2) is 0 Å². The van der Waals surface area contributed by atoms with E-state index in [4.69, 9.17) is 5.26 Å². The molecular formula is C16H17N3O. The van der Waals surface area contributed by atoms with E-state index in [1.807, 2.05) is 24.3 Å². The number of nitriles is 1. The lowest BCUT2D eigenvalue weighted by molar-refractivity contribution is 0.0926. The Morgan fingerprint density at radius 2 is 2.00 bits per heavy atom. The molecule has 20 heavy (non-hydrogen) atoms. The molecule has 2 N–H and O–H groups in total. The maximum Gasteiger partial charge on any atom is 0.253 e. The Morgan fingerprint density at radius 3 is 2.75 bits per heavy atom. The molecule has 0 bridgehead atoms. The summed E-state index contributed by atoms with van der Waals surface area (Å²) in [5.74, 6) is 0.138. The molecule has 1 heterocycles. The van der Waals surface area contributed by atoms with Crippen LogP contribution in [-0.2, 0) is 0 Å². The third kappa shape index (κ3) is 2.39. The van der Waals surface area contributed by atoms with Crippen molar-refractivity contribution in [1.29, 1.82) is 5.26 Å². The fourth-order valence-electron chi connectivity index (χ4n) is 2.89. The number of benzene rings is 1. The molecule has 0 saturated heterocycles. The number of hydrogen-bond acceptors (Lipinski definition) is 2. The molecule has 3 rings (SSSR count). The third-order valence-corrected chi connectivity index (χ3v) is 4.08. The van der Waals surface area contributed by atoms with Gasteiger partial charge in [-0.3, -0.25) is 4.79 Å². The van der Waals surface area contributed by atoms with E-state index in [1.54, 1.807) is 6.20 Å². The van der Waals surface area contributed by atoms with Gasteiger partial charge in [0.25, 0.3) is 5.91 Å². The molecule has 0 atom stereocenters.